The van der Waals surface area contributed by atoms with E-state index in [1.807, 2.05) is 54.6 Å². The van der Waals surface area contributed by atoms with E-state index >= 15 is 0 Å². The van der Waals surface area contributed by atoms with Gasteiger partial charge in [0.25, 0.3) is 0 Å². The van der Waals surface area contributed by atoms with Gasteiger partial charge >= 0.3 is 0 Å². The van der Waals surface area contributed by atoms with Gasteiger partial charge in [-0.3, -0.25) is 4.99 Å². The average molecular weight is 326 g/mol. The first-order valence-electron chi connectivity index (χ1n) is 8.33. The van der Waals surface area contributed by atoms with E-state index in [-0.39, 0.29) is 0 Å². The van der Waals surface area contributed by atoms with E-state index < -0.39 is 0 Å². The summed E-state index contributed by atoms with van der Waals surface area (Å²) in [6.07, 6.45) is 0. The van der Waals surface area contributed by atoms with Crippen LogP contribution in [0.2, 0.25) is 0 Å². The van der Waals surface area contributed by atoms with Gasteiger partial charge in [-0.1, -0.05) is 38.1 Å². The molecule has 0 saturated heterocycles. The van der Waals surface area contributed by atoms with E-state index in [0.29, 0.717) is 12.5 Å². The first-order chi connectivity index (χ1) is 11.7. The molecule has 5 nitrogen and oxygen atoms in total. The smallest absolute Gasteiger partial charge is 0.193 e. The molecule has 3 N–H and O–H groups in total. The maximum Gasteiger partial charge on any atom is 0.193 e. The highest BCUT2D eigenvalue weighted by molar-refractivity contribution is 5.92. The summed E-state index contributed by atoms with van der Waals surface area (Å²) >= 11 is 0. The minimum atomic E-state index is 0.416. The van der Waals surface area contributed by atoms with Crippen LogP contribution in [-0.4, -0.2) is 37.0 Å². The highest BCUT2D eigenvalue weighted by Gasteiger charge is 2.01. The third kappa shape index (κ3) is 5.93. The molecule has 128 valence electrons. The van der Waals surface area contributed by atoms with Crippen LogP contribution in [0.4, 0.5) is 5.69 Å². The molecular weight excluding hydrogens is 300 g/mol. The number of guanidine groups is 1. The first-order valence-corrected chi connectivity index (χ1v) is 8.33. The molecule has 0 aliphatic carbocycles. The van der Waals surface area contributed by atoms with Crippen molar-refractivity contribution in [2.24, 2.45) is 10.7 Å². The lowest BCUT2D eigenvalue weighted by molar-refractivity contribution is 0.313. The van der Waals surface area contributed by atoms with Crippen molar-refractivity contribution in [3.05, 3.63) is 54.6 Å². The Morgan fingerprint density at radius 2 is 1.75 bits per heavy atom. The summed E-state index contributed by atoms with van der Waals surface area (Å²) < 4.78 is 5.81. The number of benzene rings is 2. The van der Waals surface area contributed by atoms with E-state index in [4.69, 9.17) is 10.5 Å². The van der Waals surface area contributed by atoms with E-state index in [1.165, 1.54) is 0 Å². The third-order valence-electron chi connectivity index (χ3n) is 3.68. The van der Waals surface area contributed by atoms with E-state index in [1.54, 1.807) is 0 Å². The lowest BCUT2D eigenvalue weighted by Crippen LogP contribution is -2.28. The zero-order chi connectivity index (χ0) is 17.2. The number of nitrogens with two attached hydrogens (primary N) is 1. The van der Waals surface area contributed by atoms with Gasteiger partial charge in [0.1, 0.15) is 11.5 Å². The van der Waals surface area contributed by atoms with Crippen LogP contribution in [0.1, 0.15) is 13.8 Å². The summed E-state index contributed by atoms with van der Waals surface area (Å²) in [6, 6.07) is 17.3. The molecule has 0 spiro atoms. The van der Waals surface area contributed by atoms with Crippen LogP contribution >= 0.6 is 0 Å². The summed E-state index contributed by atoms with van der Waals surface area (Å²) in [4.78, 5) is 6.68. The fraction of sp³-hybridized carbons (Fsp3) is 0.316. The normalized spacial score (nSPS) is 11.5. The molecule has 0 amide bonds. The average Bonchev–Trinajstić information content (AvgIpc) is 2.60. The Morgan fingerprint density at radius 1 is 1.04 bits per heavy atom. The number of nitrogens with one attached hydrogen (secondary N) is 1. The molecule has 24 heavy (non-hydrogen) atoms. The summed E-state index contributed by atoms with van der Waals surface area (Å²) in [5.74, 6) is 1.97. The highest BCUT2D eigenvalue weighted by atomic mass is 16.5. The molecule has 0 atom stereocenters. The Kier molecular flexibility index (Phi) is 7.11. The number of aliphatic imine (C=N–C) groups is 1. The quantitative estimate of drug-likeness (QED) is 0.575. The number of para-hydroxylation sites is 1. The number of likely N-dealkylation sites (N-methyl/N-ethyl adjacent to an activating group) is 1. The largest absolute Gasteiger partial charge is 0.457 e. The summed E-state index contributed by atoms with van der Waals surface area (Å²) in [7, 11) is 0. The summed E-state index contributed by atoms with van der Waals surface area (Å²) in [5.41, 5.74) is 6.81. The Balaban J connectivity index is 1.91. The SMILES string of the molecule is CCN(CC)CCN=C(N)Nc1cccc(Oc2ccccc2)c1. The molecule has 0 saturated carbocycles. The third-order valence-corrected chi connectivity index (χ3v) is 3.68. The van der Waals surface area contributed by atoms with E-state index in [2.05, 4.69) is 29.1 Å². The second-order valence-corrected chi connectivity index (χ2v) is 5.36. The van der Waals surface area contributed by atoms with Crippen molar-refractivity contribution >= 4 is 11.6 Å². The van der Waals surface area contributed by atoms with Gasteiger partial charge in [-0.2, -0.15) is 0 Å². The first kappa shape index (κ1) is 17.8. The summed E-state index contributed by atoms with van der Waals surface area (Å²) in [6.45, 7) is 7.93. The number of anilines is 1. The molecule has 0 heterocycles. The number of hydrogen-bond acceptors (Lipinski definition) is 3. The molecule has 0 fully saturated rings. The second kappa shape index (κ2) is 9.57. The van der Waals surface area contributed by atoms with Gasteiger partial charge in [-0.05, 0) is 37.4 Å². The maximum atomic E-state index is 5.96. The molecule has 5 heteroatoms. The molecule has 0 unspecified atom stereocenters. The standard InChI is InChI=1S/C19H26N4O/c1-3-23(4-2)14-13-21-19(20)22-16-9-8-12-18(15-16)24-17-10-6-5-7-11-17/h5-12,15H,3-4,13-14H2,1-2H3,(H3,20,21,22). The Morgan fingerprint density at radius 3 is 2.46 bits per heavy atom. The lowest BCUT2D eigenvalue weighted by Gasteiger charge is -2.16. The number of hydrogen-bond donors (Lipinski definition) is 2. The van der Waals surface area contributed by atoms with Crippen molar-refractivity contribution < 1.29 is 4.74 Å². The zero-order valence-electron chi connectivity index (χ0n) is 14.4. The molecule has 0 aliphatic rings. The topological polar surface area (TPSA) is 62.9 Å². The van der Waals surface area contributed by atoms with Gasteiger partial charge in [0.2, 0.25) is 0 Å². The molecular formula is C19H26N4O. The Hall–Kier alpha value is -2.53. The van der Waals surface area contributed by atoms with Crippen LogP contribution < -0.4 is 15.8 Å². The van der Waals surface area contributed by atoms with Crippen molar-refractivity contribution in [1.29, 1.82) is 0 Å². The van der Waals surface area contributed by atoms with Gasteiger partial charge in [-0.15, -0.1) is 0 Å². The molecule has 0 aliphatic heterocycles. The lowest BCUT2D eigenvalue weighted by atomic mass is 10.3. The van der Waals surface area contributed by atoms with Gasteiger partial charge < -0.3 is 20.7 Å². The molecule has 0 bridgehead atoms. The van der Waals surface area contributed by atoms with Gasteiger partial charge in [0.05, 0.1) is 6.54 Å². The molecule has 0 radical (unpaired) electrons. The minimum absolute atomic E-state index is 0.416. The predicted molar refractivity (Wildman–Crippen MR) is 101 cm³/mol. The summed E-state index contributed by atoms with van der Waals surface area (Å²) in [5, 5.41) is 3.11. The van der Waals surface area contributed by atoms with Crippen LogP contribution in [0.3, 0.4) is 0 Å². The van der Waals surface area contributed by atoms with Crippen molar-refractivity contribution in [2.75, 3.05) is 31.5 Å². The van der Waals surface area contributed by atoms with E-state index in [0.717, 1.165) is 36.8 Å². The number of nitrogens with zero attached hydrogens (tertiary/aromatic N) is 2. The predicted octanol–water partition coefficient (Wildman–Crippen LogP) is 3.55. The molecule has 2 aromatic carbocycles. The molecule has 2 aromatic rings. The highest BCUT2D eigenvalue weighted by Crippen LogP contribution is 2.23. The molecule has 2 rings (SSSR count). The van der Waals surface area contributed by atoms with Crippen LogP contribution in [0.15, 0.2) is 59.6 Å². The van der Waals surface area contributed by atoms with Crippen molar-refractivity contribution in [1.82, 2.24) is 4.90 Å². The van der Waals surface area contributed by atoms with Crippen molar-refractivity contribution in [3.8, 4) is 11.5 Å². The van der Waals surface area contributed by atoms with Crippen LogP contribution in [0.5, 0.6) is 11.5 Å². The van der Waals surface area contributed by atoms with Gasteiger partial charge in [0, 0.05) is 18.3 Å². The minimum Gasteiger partial charge on any atom is -0.457 e. The number of rotatable bonds is 8. The van der Waals surface area contributed by atoms with E-state index in [9.17, 15) is 0 Å². The Bertz CT molecular complexity index is 639. The van der Waals surface area contributed by atoms with Crippen LogP contribution in [0.25, 0.3) is 0 Å². The van der Waals surface area contributed by atoms with Crippen molar-refractivity contribution in [3.63, 3.8) is 0 Å². The number of ether oxygens (including phenoxy) is 1. The maximum absolute atomic E-state index is 5.96. The Labute approximate surface area is 144 Å². The fourth-order valence-corrected chi connectivity index (χ4v) is 2.30. The van der Waals surface area contributed by atoms with Crippen molar-refractivity contribution in [2.45, 2.75) is 13.8 Å². The van der Waals surface area contributed by atoms with Gasteiger partial charge in [-0.25, -0.2) is 0 Å². The molecule has 0 aromatic heterocycles. The van der Waals surface area contributed by atoms with Crippen LogP contribution in [0, 0.1) is 0 Å². The fourth-order valence-electron chi connectivity index (χ4n) is 2.30. The second-order valence-electron chi connectivity index (χ2n) is 5.36. The monoisotopic (exact) mass is 326 g/mol. The zero-order valence-corrected chi connectivity index (χ0v) is 14.4. The van der Waals surface area contributed by atoms with Crippen LogP contribution in [-0.2, 0) is 0 Å². The van der Waals surface area contributed by atoms with Gasteiger partial charge in [0.15, 0.2) is 5.96 Å².